The minimum Gasteiger partial charge on any atom is -0.379 e. The highest BCUT2D eigenvalue weighted by Crippen LogP contribution is 2.34. The smallest absolute Gasteiger partial charge is 0.222 e. The van der Waals surface area contributed by atoms with Gasteiger partial charge in [0, 0.05) is 34.4 Å². The standard InChI is InChI=1S/C16H18BrClN4O/c1-10-7-15(21-16(19)20-10)22-5-2-6-23-9-14(22)12-4-3-11(17)8-13(12)18/h3-4,7-8,14H,2,5-6,9H2,1H3,(H2,19,20,21). The number of halogens is 2. The summed E-state index contributed by atoms with van der Waals surface area (Å²) >= 11 is 9.91. The molecule has 0 radical (unpaired) electrons. The molecule has 2 heterocycles. The Kier molecular flexibility index (Phi) is 5.04. The van der Waals surface area contributed by atoms with Crippen molar-refractivity contribution >= 4 is 39.3 Å². The van der Waals surface area contributed by atoms with E-state index >= 15 is 0 Å². The number of nitrogen functional groups attached to an aromatic ring is 1. The fourth-order valence-corrected chi connectivity index (χ4v) is 3.60. The van der Waals surface area contributed by atoms with E-state index in [0.29, 0.717) is 11.6 Å². The summed E-state index contributed by atoms with van der Waals surface area (Å²) in [7, 11) is 0. The van der Waals surface area contributed by atoms with Crippen LogP contribution in [-0.2, 0) is 4.74 Å². The van der Waals surface area contributed by atoms with E-state index in [0.717, 1.165) is 41.1 Å². The van der Waals surface area contributed by atoms with Gasteiger partial charge in [0.15, 0.2) is 0 Å². The van der Waals surface area contributed by atoms with Gasteiger partial charge in [-0.15, -0.1) is 0 Å². The molecule has 1 aliphatic heterocycles. The quantitative estimate of drug-likeness (QED) is 0.836. The summed E-state index contributed by atoms with van der Waals surface area (Å²) in [5.41, 5.74) is 7.69. The van der Waals surface area contributed by atoms with Crippen molar-refractivity contribution in [3.8, 4) is 0 Å². The number of nitrogens with two attached hydrogens (primary N) is 1. The molecule has 7 heteroatoms. The minimum atomic E-state index is -0.00759. The second kappa shape index (κ2) is 7.03. The molecule has 23 heavy (non-hydrogen) atoms. The van der Waals surface area contributed by atoms with Crippen LogP contribution in [0, 0.1) is 6.92 Å². The molecule has 1 fully saturated rings. The third-order valence-electron chi connectivity index (χ3n) is 3.81. The van der Waals surface area contributed by atoms with Crippen molar-refractivity contribution in [2.24, 2.45) is 0 Å². The highest BCUT2D eigenvalue weighted by molar-refractivity contribution is 9.10. The van der Waals surface area contributed by atoms with Gasteiger partial charge in [0.05, 0.1) is 12.6 Å². The van der Waals surface area contributed by atoms with Crippen molar-refractivity contribution in [1.29, 1.82) is 0 Å². The fraction of sp³-hybridized carbons (Fsp3) is 0.375. The maximum Gasteiger partial charge on any atom is 0.222 e. The monoisotopic (exact) mass is 396 g/mol. The molecule has 2 N–H and O–H groups in total. The zero-order valence-electron chi connectivity index (χ0n) is 12.8. The molecule has 122 valence electrons. The lowest BCUT2D eigenvalue weighted by Crippen LogP contribution is -2.32. The SMILES string of the molecule is Cc1cc(N2CCCOCC2c2ccc(Br)cc2Cl)nc(N)n1. The van der Waals surface area contributed by atoms with Crippen LogP contribution >= 0.6 is 27.5 Å². The number of benzene rings is 1. The molecule has 0 saturated carbocycles. The van der Waals surface area contributed by atoms with Crippen LogP contribution in [0.5, 0.6) is 0 Å². The number of ether oxygens (including phenoxy) is 1. The summed E-state index contributed by atoms with van der Waals surface area (Å²) in [5, 5.41) is 0.707. The molecule has 0 amide bonds. The molecule has 1 aliphatic rings. The number of hydrogen-bond donors (Lipinski definition) is 1. The zero-order chi connectivity index (χ0) is 16.4. The van der Waals surface area contributed by atoms with Crippen LogP contribution in [0.2, 0.25) is 5.02 Å². The Morgan fingerprint density at radius 2 is 2.17 bits per heavy atom. The largest absolute Gasteiger partial charge is 0.379 e. The second-order valence-electron chi connectivity index (χ2n) is 5.53. The first-order valence-corrected chi connectivity index (χ1v) is 8.62. The number of anilines is 2. The first kappa shape index (κ1) is 16.5. The Hall–Kier alpha value is -1.37. The summed E-state index contributed by atoms with van der Waals surface area (Å²) in [6.07, 6.45) is 0.924. The van der Waals surface area contributed by atoms with Gasteiger partial charge in [-0.05, 0) is 31.0 Å². The van der Waals surface area contributed by atoms with Crippen LogP contribution in [0.4, 0.5) is 11.8 Å². The molecule has 0 aliphatic carbocycles. The van der Waals surface area contributed by atoms with Crippen LogP contribution in [0.25, 0.3) is 0 Å². The minimum absolute atomic E-state index is 0.00759. The third kappa shape index (κ3) is 3.76. The Bertz CT molecular complexity index is 692. The Morgan fingerprint density at radius 1 is 1.35 bits per heavy atom. The van der Waals surface area contributed by atoms with Gasteiger partial charge in [0.1, 0.15) is 5.82 Å². The summed E-state index contributed by atoms with van der Waals surface area (Å²) in [5.74, 6) is 1.09. The van der Waals surface area contributed by atoms with Gasteiger partial charge < -0.3 is 15.4 Å². The summed E-state index contributed by atoms with van der Waals surface area (Å²) in [4.78, 5) is 10.8. The zero-order valence-corrected chi connectivity index (χ0v) is 15.1. The van der Waals surface area contributed by atoms with Gasteiger partial charge in [-0.25, -0.2) is 4.98 Å². The molecule has 0 spiro atoms. The second-order valence-corrected chi connectivity index (χ2v) is 6.85. The molecule has 5 nitrogen and oxygen atoms in total. The molecular weight excluding hydrogens is 380 g/mol. The lowest BCUT2D eigenvalue weighted by molar-refractivity contribution is 0.134. The van der Waals surface area contributed by atoms with Crippen molar-refractivity contribution in [3.63, 3.8) is 0 Å². The van der Waals surface area contributed by atoms with Crippen LogP contribution in [-0.4, -0.2) is 29.7 Å². The van der Waals surface area contributed by atoms with E-state index in [4.69, 9.17) is 22.1 Å². The maximum absolute atomic E-state index is 6.46. The van der Waals surface area contributed by atoms with E-state index < -0.39 is 0 Å². The predicted molar refractivity (Wildman–Crippen MR) is 95.9 cm³/mol. The number of nitrogens with zero attached hydrogens (tertiary/aromatic N) is 3. The highest BCUT2D eigenvalue weighted by atomic mass is 79.9. The van der Waals surface area contributed by atoms with E-state index in [-0.39, 0.29) is 12.0 Å². The van der Waals surface area contributed by atoms with Crippen molar-refractivity contribution < 1.29 is 4.74 Å². The third-order valence-corrected chi connectivity index (χ3v) is 4.63. The van der Waals surface area contributed by atoms with Crippen LogP contribution in [0.3, 0.4) is 0 Å². The van der Waals surface area contributed by atoms with E-state index in [1.54, 1.807) is 0 Å². The topological polar surface area (TPSA) is 64.3 Å². The summed E-state index contributed by atoms with van der Waals surface area (Å²) in [6, 6.07) is 7.85. The average Bonchev–Trinajstić information content (AvgIpc) is 2.72. The molecule has 1 aromatic carbocycles. The summed E-state index contributed by atoms with van der Waals surface area (Å²) < 4.78 is 6.73. The van der Waals surface area contributed by atoms with Crippen molar-refractivity contribution in [3.05, 3.63) is 45.0 Å². The normalized spacial score (nSPS) is 18.7. The van der Waals surface area contributed by atoms with Gasteiger partial charge in [-0.2, -0.15) is 4.98 Å². The Balaban J connectivity index is 2.03. The molecule has 3 rings (SSSR count). The first-order chi connectivity index (χ1) is 11.0. The Labute approximate surface area is 148 Å². The lowest BCUT2D eigenvalue weighted by Gasteiger charge is -2.31. The number of hydrogen-bond acceptors (Lipinski definition) is 5. The molecule has 2 aromatic rings. The summed E-state index contributed by atoms with van der Waals surface area (Å²) in [6.45, 7) is 4.02. The molecule has 1 atom stereocenters. The van der Waals surface area contributed by atoms with Crippen LogP contribution in [0.15, 0.2) is 28.7 Å². The van der Waals surface area contributed by atoms with Crippen LogP contribution < -0.4 is 10.6 Å². The van der Waals surface area contributed by atoms with E-state index in [1.165, 1.54) is 0 Å². The lowest BCUT2D eigenvalue weighted by atomic mass is 10.1. The number of aryl methyl sites for hydroxylation is 1. The number of rotatable bonds is 2. The Morgan fingerprint density at radius 3 is 2.91 bits per heavy atom. The maximum atomic E-state index is 6.46. The fourth-order valence-electron chi connectivity index (χ4n) is 2.80. The molecular formula is C16H18BrClN4O. The van der Waals surface area contributed by atoms with Gasteiger partial charge in [-0.1, -0.05) is 33.6 Å². The van der Waals surface area contributed by atoms with Gasteiger partial charge in [0.25, 0.3) is 0 Å². The molecule has 1 aromatic heterocycles. The van der Waals surface area contributed by atoms with Crippen molar-refractivity contribution in [2.45, 2.75) is 19.4 Å². The van der Waals surface area contributed by atoms with E-state index in [1.807, 2.05) is 31.2 Å². The predicted octanol–water partition coefficient (Wildman–Crippen LogP) is 3.75. The van der Waals surface area contributed by atoms with Crippen molar-refractivity contribution in [1.82, 2.24) is 9.97 Å². The average molecular weight is 398 g/mol. The van der Waals surface area contributed by atoms with Crippen molar-refractivity contribution in [2.75, 3.05) is 30.4 Å². The highest BCUT2D eigenvalue weighted by Gasteiger charge is 2.26. The van der Waals surface area contributed by atoms with Gasteiger partial charge in [-0.3, -0.25) is 0 Å². The number of aromatic nitrogens is 2. The van der Waals surface area contributed by atoms with E-state index in [2.05, 4.69) is 30.8 Å². The first-order valence-electron chi connectivity index (χ1n) is 7.45. The van der Waals surface area contributed by atoms with Crippen LogP contribution in [0.1, 0.15) is 23.7 Å². The van der Waals surface area contributed by atoms with Gasteiger partial charge >= 0.3 is 0 Å². The van der Waals surface area contributed by atoms with Gasteiger partial charge in [0.2, 0.25) is 5.95 Å². The van der Waals surface area contributed by atoms with E-state index in [9.17, 15) is 0 Å². The molecule has 0 bridgehead atoms. The molecule has 1 unspecified atom stereocenters. The molecule has 1 saturated heterocycles.